The third-order valence-corrected chi connectivity index (χ3v) is 2.01. The van der Waals surface area contributed by atoms with E-state index in [9.17, 15) is 0 Å². The number of methoxy groups -OCH3 is 1. The molecule has 15 heavy (non-hydrogen) atoms. The third-order valence-electron chi connectivity index (χ3n) is 2.01. The van der Waals surface area contributed by atoms with Gasteiger partial charge in [-0.05, 0) is 18.7 Å². The lowest BCUT2D eigenvalue weighted by atomic mass is 10.3. The SMILES string of the molecule is CCNCc1cc(NCCOC)ccn1. The normalized spacial score (nSPS) is 10.3. The lowest BCUT2D eigenvalue weighted by Gasteiger charge is -2.07. The zero-order valence-corrected chi connectivity index (χ0v) is 9.42. The van der Waals surface area contributed by atoms with Gasteiger partial charge in [0, 0.05) is 32.1 Å². The third kappa shape index (κ3) is 4.76. The van der Waals surface area contributed by atoms with Crippen LogP contribution in [0.25, 0.3) is 0 Å². The Labute approximate surface area is 91.1 Å². The second-order valence-corrected chi connectivity index (χ2v) is 3.24. The van der Waals surface area contributed by atoms with Gasteiger partial charge in [-0.15, -0.1) is 0 Å². The molecule has 4 heteroatoms. The highest BCUT2D eigenvalue weighted by atomic mass is 16.5. The Morgan fingerprint density at radius 2 is 2.33 bits per heavy atom. The first kappa shape index (κ1) is 11.9. The maximum atomic E-state index is 4.97. The molecule has 0 bridgehead atoms. The van der Waals surface area contributed by atoms with Gasteiger partial charge in [0.25, 0.3) is 0 Å². The van der Waals surface area contributed by atoms with Crippen molar-refractivity contribution >= 4 is 5.69 Å². The molecule has 0 unspecified atom stereocenters. The van der Waals surface area contributed by atoms with Gasteiger partial charge in [-0.3, -0.25) is 4.98 Å². The van der Waals surface area contributed by atoms with E-state index in [1.165, 1.54) is 0 Å². The number of anilines is 1. The Morgan fingerprint density at radius 1 is 1.47 bits per heavy atom. The molecule has 0 fully saturated rings. The Balaban J connectivity index is 2.42. The molecule has 0 aromatic carbocycles. The highest BCUT2D eigenvalue weighted by molar-refractivity contribution is 5.43. The summed E-state index contributed by atoms with van der Waals surface area (Å²) in [6, 6.07) is 4.02. The number of nitrogens with zero attached hydrogens (tertiary/aromatic N) is 1. The van der Waals surface area contributed by atoms with Crippen LogP contribution in [0, 0.1) is 0 Å². The minimum absolute atomic E-state index is 0.713. The number of nitrogens with one attached hydrogen (secondary N) is 2. The summed E-state index contributed by atoms with van der Waals surface area (Å²) in [5.41, 5.74) is 2.15. The maximum Gasteiger partial charge on any atom is 0.0635 e. The average Bonchev–Trinajstić information content (AvgIpc) is 2.27. The first-order chi connectivity index (χ1) is 7.36. The van der Waals surface area contributed by atoms with E-state index >= 15 is 0 Å². The van der Waals surface area contributed by atoms with Crippen LogP contribution in [0.1, 0.15) is 12.6 Å². The van der Waals surface area contributed by atoms with Crippen molar-refractivity contribution in [1.29, 1.82) is 0 Å². The highest BCUT2D eigenvalue weighted by Gasteiger charge is 1.95. The molecule has 0 aliphatic carbocycles. The fourth-order valence-electron chi connectivity index (χ4n) is 1.24. The van der Waals surface area contributed by atoms with Crippen LogP contribution >= 0.6 is 0 Å². The number of ether oxygens (including phenoxy) is 1. The van der Waals surface area contributed by atoms with Crippen LogP contribution in [-0.4, -0.2) is 31.8 Å². The van der Waals surface area contributed by atoms with E-state index in [-0.39, 0.29) is 0 Å². The summed E-state index contributed by atoms with van der Waals surface area (Å²) >= 11 is 0. The van der Waals surface area contributed by atoms with Crippen LogP contribution in [0.15, 0.2) is 18.3 Å². The molecule has 1 heterocycles. The molecular formula is C11H19N3O. The van der Waals surface area contributed by atoms with E-state index in [2.05, 4.69) is 28.6 Å². The zero-order chi connectivity index (χ0) is 10.9. The fraction of sp³-hybridized carbons (Fsp3) is 0.545. The number of hydrogen-bond acceptors (Lipinski definition) is 4. The van der Waals surface area contributed by atoms with E-state index in [1.807, 2.05) is 12.3 Å². The summed E-state index contributed by atoms with van der Waals surface area (Å²) in [6.45, 7) is 5.39. The number of pyridine rings is 1. The molecule has 0 aliphatic rings. The van der Waals surface area contributed by atoms with Crippen molar-refractivity contribution in [3.8, 4) is 0 Å². The lowest BCUT2D eigenvalue weighted by Crippen LogP contribution is -2.13. The summed E-state index contributed by atoms with van der Waals surface area (Å²) in [5, 5.41) is 6.51. The molecule has 4 nitrogen and oxygen atoms in total. The van der Waals surface area contributed by atoms with Crippen LogP contribution in [0.5, 0.6) is 0 Å². The van der Waals surface area contributed by atoms with E-state index in [0.29, 0.717) is 6.61 Å². The molecule has 1 aromatic heterocycles. The summed E-state index contributed by atoms with van der Waals surface area (Å²) in [6.07, 6.45) is 1.82. The highest BCUT2D eigenvalue weighted by Crippen LogP contribution is 2.07. The fourth-order valence-corrected chi connectivity index (χ4v) is 1.24. The molecule has 0 saturated carbocycles. The van der Waals surface area contributed by atoms with Crippen LogP contribution in [-0.2, 0) is 11.3 Å². The minimum atomic E-state index is 0.713. The van der Waals surface area contributed by atoms with Crippen molar-refractivity contribution in [2.75, 3.05) is 32.1 Å². The number of aromatic nitrogens is 1. The van der Waals surface area contributed by atoms with Crippen molar-refractivity contribution in [2.24, 2.45) is 0 Å². The Hall–Kier alpha value is -1.13. The number of hydrogen-bond donors (Lipinski definition) is 2. The number of rotatable bonds is 7. The van der Waals surface area contributed by atoms with Gasteiger partial charge >= 0.3 is 0 Å². The van der Waals surface area contributed by atoms with Crippen LogP contribution in [0.4, 0.5) is 5.69 Å². The molecule has 1 aromatic rings. The van der Waals surface area contributed by atoms with Gasteiger partial charge in [0.05, 0.1) is 12.3 Å². The maximum absolute atomic E-state index is 4.97. The van der Waals surface area contributed by atoms with Gasteiger partial charge in [0.15, 0.2) is 0 Å². The summed E-state index contributed by atoms with van der Waals surface area (Å²) < 4.78 is 4.97. The van der Waals surface area contributed by atoms with Gasteiger partial charge < -0.3 is 15.4 Å². The van der Waals surface area contributed by atoms with E-state index in [4.69, 9.17) is 4.74 Å². The molecule has 0 aliphatic heterocycles. The van der Waals surface area contributed by atoms with E-state index in [1.54, 1.807) is 7.11 Å². The van der Waals surface area contributed by atoms with Crippen LogP contribution < -0.4 is 10.6 Å². The largest absolute Gasteiger partial charge is 0.383 e. The standard InChI is InChI=1S/C11H19N3O/c1-3-12-9-11-8-10(4-5-13-11)14-6-7-15-2/h4-5,8,12H,3,6-7,9H2,1-2H3,(H,13,14). The summed E-state index contributed by atoms with van der Waals surface area (Å²) in [5.74, 6) is 0. The van der Waals surface area contributed by atoms with Gasteiger partial charge in [-0.2, -0.15) is 0 Å². The molecule has 2 N–H and O–H groups in total. The van der Waals surface area contributed by atoms with Crippen molar-refractivity contribution in [3.63, 3.8) is 0 Å². The van der Waals surface area contributed by atoms with E-state index in [0.717, 1.165) is 31.0 Å². The molecule has 0 saturated heterocycles. The molecule has 84 valence electrons. The van der Waals surface area contributed by atoms with Gasteiger partial charge in [-0.1, -0.05) is 6.92 Å². The van der Waals surface area contributed by atoms with Crippen molar-refractivity contribution in [1.82, 2.24) is 10.3 Å². The summed E-state index contributed by atoms with van der Waals surface area (Å²) in [7, 11) is 1.70. The summed E-state index contributed by atoms with van der Waals surface area (Å²) in [4.78, 5) is 4.27. The van der Waals surface area contributed by atoms with E-state index < -0.39 is 0 Å². The first-order valence-corrected chi connectivity index (χ1v) is 5.25. The average molecular weight is 209 g/mol. The van der Waals surface area contributed by atoms with Crippen molar-refractivity contribution in [3.05, 3.63) is 24.0 Å². The molecule has 1 rings (SSSR count). The predicted octanol–water partition coefficient (Wildman–Crippen LogP) is 1.25. The quantitative estimate of drug-likeness (QED) is 0.663. The molecule has 0 atom stereocenters. The first-order valence-electron chi connectivity index (χ1n) is 5.25. The predicted molar refractivity (Wildman–Crippen MR) is 62.0 cm³/mol. The Morgan fingerprint density at radius 3 is 3.07 bits per heavy atom. The smallest absolute Gasteiger partial charge is 0.0635 e. The van der Waals surface area contributed by atoms with Crippen molar-refractivity contribution < 1.29 is 4.74 Å². The van der Waals surface area contributed by atoms with Gasteiger partial charge in [0.1, 0.15) is 0 Å². The van der Waals surface area contributed by atoms with Crippen LogP contribution in [0.3, 0.4) is 0 Å². The Kier molecular flexibility index (Phi) is 5.73. The van der Waals surface area contributed by atoms with Gasteiger partial charge in [0.2, 0.25) is 0 Å². The van der Waals surface area contributed by atoms with Crippen LogP contribution in [0.2, 0.25) is 0 Å². The van der Waals surface area contributed by atoms with Gasteiger partial charge in [-0.25, -0.2) is 0 Å². The zero-order valence-electron chi connectivity index (χ0n) is 9.42. The second-order valence-electron chi connectivity index (χ2n) is 3.24. The Bertz CT molecular complexity index is 278. The van der Waals surface area contributed by atoms with Crippen molar-refractivity contribution in [2.45, 2.75) is 13.5 Å². The lowest BCUT2D eigenvalue weighted by molar-refractivity contribution is 0.211. The molecular weight excluding hydrogens is 190 g/mol. The molecule has 0 spiro atoms. The minimum Gasteiger partial charge on any atom is -0.383 e. The topological polar surface area (TPSA) is 46.2 Å². The second kappa shape index (κ2) is 7.20. The molecule has 0 radical (unpaired) electrons. The monoisotopic (exact) mass is 209 g/mol. The molecule has 0 amide bonds.